The first-order valence-corrected chi connectivity index (χ1v) is 5.13. The fraction of sp³-hybridized carbons (Fsp3) is 0.143. The van der Waals surface area contributed by atoms with Crippen molar-refractivity contribution in [2.45, 2.75) is 12.8 Å². The van der Waals surface area contributed by atoms with Gasteiger partial charge in [-0.05, 0) is 11.5 Å². The van der Waals surface area contributed by atoms with Crippen molar-refractivity contribution in [3.8, 4) is 12.3 Å². The highest BCUT2D eigenvalue weighted by Gasteiger charge is 2.10. The minimum absolute atomic E-state index is 0.00903. The summed E-state index contributed by atoms with van der Waals surface area (Å²) in [6.07, 6.45) is 7.62. The molecule has 0 saturated heterocycles. The summed E-state index contributed by atoms with van der Waals surface area (Å²) in [6.45, 7) is 0. The summed E-state index contributed by atoms with van der Waals surface area (Å²) in [4.78, 5) is 16.0. The van der Waals surface area contributed by atoms with Gasteiger partial charge in [-0.15, -0.1) is 12.3 Å². The lowest BCUT2D eigenvalue weighted by Gasteiger charge is -2.03. The Morgan fingerprint density at radius 1 is 1.31 bits per heavy atom. The SMILES string of the molecule is C#CCCC(=O)c1nccc2ccccc12. The van der Waals surface area contributed by atoms with Gasteiger partial charge in [0.2, 0.25) is 0 Å². The molecule has 0 unspecified atom stereocenters. The number of rotatable bonds is 3. The lowest BCUT2D eigenvalue weighted by Crippen LogP contribution is -2.02. The van der Waals surface area contributed by atoms with Crippen molar-refractivity contribution in [1.82, 2.24) is 4.98 Å². The number of hydrogen-bond acceptors (Lipinski definition) is 2. The molecule has 78 valence electrons. The number of carbonyl (C=O) groups excluding carboxylic acids is 1. The van der Waals surface area contributed by atoms with Crippen molar-refractivity contribution in [1.29, 1.82) is 0 Å². The van der Waals surface area contributed by atoms with Crippen LogP contribution in [0.2, 0.25) is 0 Å². The van der Waals surface area contributed by atoms with Crippen LogP contribution in [0.15, 0.2) is 36.5 Å². The Bertz CT molecular complexity index is 561. The highest BCUT2D eigenvalue weighted by atomic mass is 16.1. The van der Waals surface area contributed by atoms with E-state index in [1.54, 1.807) is 6.20 Å². The molecule has 2 nitrogen and oxygen atoms in total. The molecule has 1 aromatic heterocycles. The second-order valence-electron chi connectivity index (χ2n) is 3.51. The van der Waals surface area contributed by atoms with E-state index in [2.05, 4.69) is 10.9 Å². The van der Waals surface area contributed by atoms with E-state index in [1.165, 1.54) is 0 Å². The summed E-state index contributed by atoms with van der Waals surface area (Å²) < 4.78 is 0. The Hall–Kier alpha value is -2.14. The molecule has 2 aromatic rings. The molecule has 2 heteroatoms. The molecule has 0 atom stereocenters. The van der Waals surface area contributed by atoms with Crippen LogP contribution in [0.1, 0.15) is 23.3 Å². The zero-order chi connectivity index (χ0) is 11.4. The number of nitrogens with zero attached hydrogens (tertiary/aromatic N) is 1. The molecule has 0 radical (unpaired) electrons. The molecule has 0 bridgehead atoms. The van der Waals surface area contributed by atoms with Crippen molar-refractivity contribution < 1.29 is 4.79 Å². The molecule has 2 rings (SSSR count). The quantitative estimate of drug-likeness (QED) is 0.574. The van der Waals surface area contributed by atoms with E-state index in [1.807, 2.05) is 30.3 Å². The van der Waals surface area contributed by atoms with Crippen LogP contribution in [-0.2, 0) is 0 Å². The molecule has 1 aromatic carbocycles. The first-order valence-electron chi connectivity index (χ1n) is 5.13. The summed E-state index contributed by atoms with van der Waals surface area (Å²) in [5, 5.41) is 1.92. The van der Waals surface area contributed by atoms with Crippen molar-refractivity contribution >= 4 is 16.6 Å². The Morgan fingerprint density at radius 2 is 2.12 bits per heavy atom. The average Bonchev–Trinajstić information content (AvgIpc) is 2.35. The van der Waals surface area contributed by atoms with Crippen molar-refractivity contribution in [3.63, 3.8) is 0 Å². The number of pyridine rings is 1. The molecule has 0 N–H and O–H groups in total. The third-order valence-electron chi connectivity index (χ3n) is 2.43. The van der Waals surface area contributed by atoms with Crippen LogP contribution in [0.3, 0.4) is 0 Å². The van der Waals surface area contributed by atoms with E-state index in [0.29, 0.717) is 18.5 Å². The molecular weight excluding hydrogens is 198 g/mol. The smallest absolute Gasteiger partial charge is 0.182 e. The van der Waals surface area contributed by atoms with E-state index in [-0.39, 0.29) is 5.78 Å². The molecular formula is C14H11NO. The van der Waals surface area contributed by atoms with Crippen LogP contribution in [0.4, 0.5) is 0 Å². The third-order valence-corrected chi connectivity index (χ3v) is 2.43. The summed E-state index contributed by atoms with van der Waals surface area (Å²) >= 11 is 0. The number of carbonyl (C=O) groups is 1. The second kappa shape index (κ2) is 4.59. The normalized spacial score (nSPS) is 9.94. The van der Waals surface area contributed by atoms with Crippen molar-refractivity contribution in [2.24, 2.45) is 0 Å². The van der Waals surface area contributed by atoms with E-state index in [4.69, 9.17) is 6.42 Å². The number of Topliss-reactive ketones (excluding diaryl/α,β-unsaturated/α-hetero) is 1. The van der Waals surface area contributed by atoms with Crippen LogP contribution in [0.25, 0.3) is 10.8 Å². The first-order chi connectivity index (χ1) is 7.83. The largest absolute Gasteiger partial charge is 0.292 e. The Morgan fingerprint density at radius 3 is 2.94 bits per heavy atom. The van der Waals surface area contributed by atoms with Crippen LogP contribution in [0.5, 0.6) is 0 Å². The van der Waals surface area contributed by atoms with Gasteiger partial charge in [0.25, 0.3) is 0 Å². The highest BCUT2D eigenvalue weighted by Crippen LogP contribution is 2.17. The molecule has 1 heterocycles. The standard InChI is InChI=1S/C14H11NO/c1-2-3-8-13(16)14-12-7-5-4-6-11(12)9-10-15-14/h1,4-7,9-10H,3,8H2. The van der Waals surface area contributed by atoms with E-state index < -0.39 is 0 Å². The molecule has 0 saturated carbocycles. The number of terminal acetylenes is 1. The monoisotopic (exact) mass is 209 g/mol. The minimum atomic E-state index is 0.00903. The number of benzene rings is 1. The first kappa shape index (κ1) is 10.4. The van der Waals surface area contributed by atoms with Crippen LogP contribution in [-0.4, -0.2) is 10.8 Å². The summed E-state index contributed by atoms with van der Waals surface area (Å²) in [6, 6.07) is 9.62. The summed E-state index contributed by atoms with van der Waals surface area (Å²) in [5.74, 6) is 2.48. The topological polar surface area (TPSA) is 30.0 Å². The van der Waals surface area contributed by atoms with E-state index in [9.17, 15) is 4.79 Å². The Kier molecular flexibility index (Phi) is 2.98. The molecule has 0 aliphatic carbocycles. The minimum Gasteiger partial charge on any atom is -0.292 e. The number of hydrogen-bond donors (Lipinski definition) is 0. The van der Waals surface area contributed by atoms with Gasteiger partial charge < -0.3 is 0 Å². The molecule has 0 aliphatic rings. The van der Waals surface area contributed by atoms with Gasteiger partial charge in [0, 0.05) is 24.4 Å². The Labute approximate surface area is 94.3 Å². The summed E-state index contributed by atoms with van der Waals surface area (Å²) in [7, 11) is 0. The van der Waals surface area contributed by atoms with E-state index >= 15 is 0 Å². The Balaban J connectivity index is 2.45. The lowest BCUT2D eigenvalue weighted by molar-refractivity contribution is 0.0981. The molecule has 16 heavy (non-hydrogen) atoms. The summed E-state index contributed by atoms with van der Waals surface area (Å²) in [5.41, 5.74) is 0.522. The van der Waals surface area contributed by atoms with Crippen molar-refractivity contribution in [3.05, 3.63) is 42.2 Å². The fourth-order valence-corrected chi connectivity index (χ4v) is 1.65. The number of fused-ring (bicyclic) bond motifs is 1. The van der Waals surface area contributed by atoms with Crippen LogP contribution >= 0.6 is 0 Å². The molecule has 0 fully saturated rings. The third kappa shape index (κ3) is 1.94. The number of ketones is 1. The van der Waals surface area contributed by atoms with Gasteiger partial charge in [-0.25, -0.2) is 0 Å². The zero-order valence-electron chi connectivity index (χ0n) is 8.81. The maximum Gasteiger partial charge on any atom is 0.182 e. The van der Waals surface area contributed by atoms with Gasteiger partial charge in [0.05, 0.1) is 0 Å². The lowest BCUT2D eigenvalue weighted by atomic mass is 10.1. The maximum absolute atomic E-state index is 11.9. The molecule has 0 spiro atoms. The van der Waals surface area contributed by atoms with E-state index in [0.717, 1.165) is 10.8 Å². The van der Waals surface area contributed by atoms with Gasteiger partial charge in [-0.3, -0.25) is 9.78 Å². The van der Waals surface area contributed by atoms with Crippen molar-refractivity contribution in [2.75, 3.05) is 0 Å². The highest BCUT2D eigenvalue weighted by molar-refractivity contribution is 6.06. The van der Waals surface area contributed by atoms with Gasteiger partial charge >= 0.3 is 0 Å². The van der Waals surface area contributed by atoms with Gasteiger partial charge in [-0.2, -0.15) is 0 Å². The molecule has 0 amide bonds. The predicted octanol–water partition coefficient (Wildman–Crippen LogP) is 2.83. The van der Waals surface area contributed by atoms with Crippen LogP contribution in [0, 0.1) is 12.3 Å². The van der Waals surface area contributed by atoms with Gasteiger partial charge in [0.1, 0.15) is 5.69 Å². The van der Waals surface area contributed by atoms with Gasteiger partial charge in [0.15, 0.2) is 5.78 Å². The second-order valence-corrected chi connectivity index (χ2v) is 3.51. The zero-order valence-corrected chi connectivity index (χ0v) is 8.81. The predicted molar refractivity (Wildman–Crippen MR) is 64.1 cm³/mol. The fourth-order valence-electron chi connectivity index (χ4n) is 1.65. The van der Waals surface area contributed by atoms with Gasteiger partial charge in [-0.1, -0.05) is 24.3 Å². The van der Waals surface area contributed by atoms with Crippen LogP contribution < -0.4 is 0 Å². The number of aromatic nitrogens is 1. The molecule has 0 aliphatic heterocycles. The average molecular weight is 209 g/mol. The maximum atomic E-state index is 11.9.